The van der Waals surface area contributed by atoms with Crippen molar-refractivity contribution in [2.45, 2.75) is 37.4 Å². The van der Waals surface area contributed by atoms with Gasteiger partial charge in [0.25, 0.3) is 0 Å². The number of phosphoric acid groups is 1. The molecular weight excluding hydrogens is 315 g/mol. The number of hydrogen-bond acceptors (Lipinski definition) is 4. The van der Waals surface area contributed by atoms with E-state index in [9.17, 15) is 9.36 Å². The van der Waals surface area contributed by atoms with Crippen LogP contribution in [0.1, 0.15) is 33.1 Å². The van der Waals surface area contributed by atoms with Crippen molar-refractivity contribution in [1.29, 1.82) is 0 Å². The fourth-order valence-corrected chi connectivity index (χ4v) is 1.38. The predicted molar refractivity (Wildman–Crippen MR) is 65.8 cm³/mol. The first-order chi connectivity index (χ1) is 7.63. The number of rotatable bonds is 8. The highest BCUT2D eigenvalue weighted by Gasteiger charge is 2.24. The molecule has 0 bridgehead atoms. The lowest BCUT2D eigenvalue weighted by Gasteiger charge is -2.14. The minimum absolute atomic E-state index is 0.00214. The molecule has 0 fully saturated rings. The maximum absolute atomic E-state index is 11.3. The molecule has 0 heterocycles. The lowest BCUT2D eigenvalue weighted by Crippen LogP contribution is -2.26. The van der Waals surface area contributed by atoms with Gasteiger partial charge in [-0.15, -0.1) is 0 Å². The summed E-state index contributed by atoms with van der Waals surface area (Å²) in [5.74, 6) is -0.330. The fraction of sp³-hybridized carbons (Fsp3) is 0.889. The quantitative estimate of drug-likeness (QED) is 0.305. The average molecular weight is 333 g/mol. The molecule has 0 radical (unpaired) electrons. The maximum Gasteiger partial charge on any atom is 0.469 e. The van der Waals surface area contributed by atoms with Crippen LogP contribution in [0.5, 0.6) is 0 Å². The SMILES string of the molecule is CC(C)(Br)C(=O)OCCCCCOP(=O)(O)O. The average Bonchev–Trinajstić information content (AvgIpc) is 2.12. The van der Waals surface area contributed by atoms with Gasteiger partial charge in [0.15, 0.2) is 0 Å². The Labute approximate surface area is 109 Å². The van der Waals surface area contributed by atoms with Crippen molar-refractivity contribution in [3.63, 3.8) is 0 Å². The Morgan fingerprint density at radius 2 is 1.76 bits per heavy atom. The number of halogens is 1. The highest BCUT2D eigenvalue weighted by Crippen LogP contribution is 2.35. The first kappa shape index (κ1) is 17.1. The maximum atomic E-state index is 11.3. The zero-order valence-electron chi connectivity index (χ0n) is 9.89. The number of carbonyl (C=O) groups excluding carboxylic acids is 1. The third-order valence-electron chi connectivity index (χ3n) is 1.77. The van der Waals surface area contributed by atoms with E-state index in [4.69, 9.17) is 14.5 Å². The molecule has 0 aromatic carbocycles. The lowest BCUT2D eigenvalue weighted by molar-refractivity contribution is -0.145. The molecule has 0 unspecified atom stereocenters. The Hall–Kier alpha value is 0.0600. The van der Waals surface area contributed by atoms with Crippen molar-refractivity contribution in [1.82, 2.24) is 0 Å². The number of unbranched alkanes of at least 4 members (excludes halogenated alkanes) is 2. The molecule has 0 aliphatic rings. The summed E-state index contributed by atoms with van der Waals surface area (Å²) in [6.07, 6.45) is 1.83. The van der Waals surface area contributed by atoms with Gasteiger partial charge in [0, 0.05) is 0 Å². The zero-order chi connectivity index (χ0) is 13.5. The molecule has 0 saturated carbocycles. The van der Waals surface area contributed by atoms with Crippen molar-refractivity contribution in [3.05, 3.63) is 0 Å². The number of esters is 1. The molecule has 6 nitrogen and oxygen atoms in total. The van der Waals surface area contributed by atoms with Crippen LogP contribution in [0.3, 0.4) is 0 Å². The summed E-state index contributed by atoms with van der Waals surface area (Å²) in [7, 11) is -4.35. The van der Waals surface area contributed by atoms with E-state index in [1.165, 1.54) is 0 Å². The van der Waals surface area contributed by atoms with E-state index in [0.717, 1.165) is 0 Å². The molecule has 102 valence electrons. The minimum Gasteiger partial charge on any atom is -0.465 e. The summed E-state index contributed by atoms with van der Waals surface area (Å²) >= 11 is 3.18. The molecule has 0 atom stereocenters. The molecule has 0 aromatic heterocycles. The van der Waals surface area contributed by atoms with Crippen molar-refractivity contribution in [2.75, 3.05) is 13.2 Å². The van der Waals surface area contributed by atoms with Gasteiger partial charge in [0.1, 0.15) is 4.32 Å². The van der Waals surface area contributed by atoms with Gasteiger partial charge in [0.2, 0.25) is 0 Å². The number of ether oxygens (including phenoxy) is 1. The zero-order valence-corrected chi connectivity index (χ0v) is 12.4. The molecule has 8 heteroatoms. The van der Waals surface area contributed by atoms with Crippen LogP contribution < -0.4 is 0 Å². The third kappa shape index (κ3) is 10.9. The fourth-order valence-electron chi connectivity index (χ4n) is 0.901. The normalized spacial score (nSPS) is 12.5. The second-order valence-corrected chi connectivity index (χ2v) is 7.21. The van der Waals surface area contributed by atoms with Crippen molar-refractivity contribution >= 4 is 29.7 Å². The van der Waals surface area contributed by atoms with Crippen LogP contribution in [-0.4, -0.2) is 33.3 Å². The molecule has 0 aliphatic heterocycles. The van der Waals surface area contributed by atoms with Crippen LogP contribution in [0.15, 0.2) is 0 Å². The summed E-state index contributed by atoms with van der Waals surface area (Å²) in [5.41, 5.74) is 0. The van der Waals surface area contributed by atoms with E-state index in [0.29, 0.717) is 25.9 Å². The lowest BCUT2D eigenvalue weighted by atomic mass is 10.2. The van der Waals surface area contributed by atoms with Crippen LogP contribution in [0.4, 0.5) is 0 Å². The number of phosphoric ester groups is 1. The largest absolute Gasteiger partial charge is 0.469 e. The number of alkyl halides is 1. The highest BCUT2D eigenvalue weighted by molar-refractivity contribution is 9.10. The van der Waals surface area contributed by atoms with Crippen LogP contribution in [0.25, 0.3) is 0 Å². The minimum atomic E-state index is -4.35. The Morgan fingerprint density at radius 3 is 2.24 bits per heavy atom. The monoisotopic (exact) mass is 332 g/mol. The number of hydrogen-bond donors (Lipinski definition) is 2. The molecule has 0 saturated heterocycles. The van der Waals surface area contributed by atoms with Gasteiger partial charge in [0.05, 0.1) is 13.2 Å². The second-order valence-electron chi connectivity index (χ2n) is 3.99. The highest BCUT2D eigenvalue weighted by atomic mass is 79.9. The molecule has 0 spiro atoms. The summed E-state index contributed by atoms with van der Waals surface area (Å²) < 4.78 is 18.9. The predicted octanol–water partition coefficient (Wildman–Crippen LogP) is 1.98. The first-order valence-corrected chi connectivity index (χ1v) is 7.51. The van der Waals surface area contributed by atoms with Gasteiger partial charge < -0.3 is 14.5 Å². The molecule has 0 aromatic rings. The third-order valence-corrected chi connectivity index (χ3v) is 2.61. The number of carbonyl (C=O) groups is 1. The van der Waals surface area contributed by atoms with E-state index >= 15 is 0 Å². The summed E-state index contributed by atoms with van der Waals surface area (Å²) in [6, 6.07) is 0. The van der Waals surface area contributed by atoms with Crippen LogP contribution in [0.2, 0.25) is 0 Å². The Morgan fingerprint density at radius 1 is 1.24 bits per heavy atom. The molecule has 0 aliphatic carbocycles. The van der Waals surface area contributed by atoms with E-state index in [-0.39, 0.29) is 12.6 Å². The van der Waals surface area contributed by atoms with E-state index < -0.39 is 12.1 Å². The van der Waals surface area contributed by atoms with Crippen LogP contribution in [-0.2, 0) is 18.6 Å². The second kappa shape index (κ2) is 7.48. The molecule has 0 rings (SSSR count). The van der Waals surface area contributed by atoms with Gasteiger partial charge >= 0.3 is 13.8 Å². The van der Waals surface area contributed by atoms with Crippen molar-refractivity contribution in [3.8, 4) is 0 Å². The molecule has 0 amide bonds. The first-order valence-electron chi connectivity index (χ1n) is 5.19. The van der Waals surface area contributed by atoms with Gasteiger partial charge in [-0.25, -0.2) is 4.57 Å². The van der Waals surface area contributed by atoms with Gasteiger partial charge in [-0.1, -0.05) is 15.9 Å². The Bertz CT molecular complexity index is 282. The van der Waals surface area contributed by atoms with Gasteiger partial charge in [-0.3, -0.25) is 9.32 Å². The van der Waals surface area contributed by atoms with E-state index in [2.05, 4.69) is 20.5 Å². The Kier molecular flexibility index (Phi) is 7.51. The molecule has 17 heavy (non-hydrogen) atoms. The Balaban J connectivity index is 3.42. The van der Waals surface area contributed by atoms with Gasteiger partial charge in [-0.05, 0) is 33.1 Å². The topological polar surface area (TPSA) is 93.1 Å². The summed E-state index contributed by atoms with van der Waals surface area (Å²) in [4.78, 5) is 28.1. The molecule has 2 N–H and O–H groups in total. The van der Waals surface area contributed by atoms with Gasteiger partial charge in [-0.2, -0.15) is 0 Å². The smallest absolute Gasteiger partial charge is 0.465 e. The summed E-state index contributed by atoms with van der Waals surface area (Å²) in [5, 5.41) is 0. The van der Waals surface area contributed by atoms with Crippen molar-refractivity contribution < 1.29 is 28.4 Å². The summed E-state index contributed by atoms with van der Waals surface area (Å²) in [6.45, 7) is 3.69. The van der Waals surface area contributed by atoms with Crippen LogP contribution in [0, 0.1) is 0 Å². The van der Waals surface area contributed by atoms with E-state index in [1.54, 1.807) is 13.8 Å². The van der Waals surface area contributed by atoms with Crippen LogP contribution >= 0.6 is 23.8 Å². The van der Waals surface area contributed by atoms with E-state index in [1.807, 2.05) is 0 Å². The van der Waals surface area contributed by atoms with Crippen molar-refractivity contribution in [2.24, 2.45) is 0 Å². The molecular formula is C9H18BrO6P. The standard InChI is InChI=1S/C9H18BrO6P/c1-9(2,10)8(11)15-6-4-3-5-7-16-17(12,13)14/h3-7H2,1-2H3,(H2,12,13,14).